The van der Waals surface area contributed by atoms with Gasteiger partial charge in [0.25, 0.3) is 5.69 Å². The van der Waals surface area contributed by atoms with E-state index in [1.165, 1.54) is 23.5 Å². The van der Waals surface area contributed by atoms with E-state index in [1.54, 1.807) is 0 Å². The fraction of sp³-hybridized carbons (Fsp3) is 0.571. The van der Waals surface area contributed by atoms with Gasteiger partial charge in [-0.05, 0) is 19.0 Å². The van der Waals surface area contributed by atoms with Crippen LogP contribution in [0.25, 0.3) is 0 Å². The van der Waals surface area contributed by atoms with Gasteiger partial charge >= 0.3 is 0 Å². The van der Waals surface area contributed by atoms with Gasteiger partial charge in [-0.25, -0.2) is 8.42 Å². The first-order valence-corrected chi connectivity index (χ1v) is 8.89. The maximum absolute atomic E-state index is 12.8. The van der Waals surface area contributed by atoms with Crippen LogP contribution in [0.4, 0.5) is 5.69 Å². The maximum atomic E-state index is 12.8. The number of benzene rings is 1. The molecule has 9 heteroatoms. The molecule has 1 aliphatic rings. The molecule has 1 aliphatic heterocycles. The molecular weight excluding hydrogens is 322 g/mol. The Morgan fingerprint density at radius 2 is 1.91 bits per heavy atom. The highest BCUT2D eigenvalue weighted by atomic mass is 32.2. The molecule has 0 aliphatic carbocycles. The number of nitro groups is 1. The Morgan fingerprint density at radius 1 is 1.26 bits per heavy atom. The Balaban J connectivity index is 2.25. The van der Waals surface area contributed by atoms with E-state index >= 15 is 0 Å². The van der Waals surface area contributed by atoms with Crippen LogP contribution in [0.3, 0.4) is 0 Å². The molecule has 1 heterocycles. The first-order valence-electron chi connectivity index (χ1n) is 7.45. The lowest BCUT2D eigenvalue weighted by molar-refractivity contribution is -0.385. The lowest BCUT2D eigenvalue weighted by Crippen LogP contribution is -2.48. The van der Waals surface area contributed by atoms with Gasteiger partial charge in [-0.3, -0.25) is 10.1 Å². The van der Waals surface area contributed by atoms with E-state index in [9.17, 15) is 18.5 Å². The lowest BCUT2D eigenvalue weighted by atomic mass is 10.3. The summed E-state index contributed by atoms with van der Waals surface area (Å²) in [7, 11) is -2.42. The summed E-state index contributed by atoms with van der Waals surface area (Å²) in [6.07, 6.45) is 1.03. The number of nitro benzene ring substituents is 1. The first kappa shape index (κ1) is 17.6. The van der Waals surface area contributed by atoms with E-state index in [2.05, 4.69) is 11.8 Å². The molecule has 1 aromatic rings. The second kappa shape index (κ2) is 7.24. The number of rotatable bonds is 6. The van der Waals surface area contributed by atoms with Crippen molar-refractivity contribution in [1.82, 2.24) is 9.21 Å². The molecule has 1 aromatic carbocycles. The Hall–Kier alpha value is -1.71. The summed E-state index contributed by atoms with van der Waals surface area (Å²) < 4.78 is 32.0. The molecule has 0 spiro atoms. The highest BCUT2D eigenvalue weighted by Crippen LogP contribution is 2.30. The van der Waals surface area contributed by atoms with Crippen LogP contribution in [0, 0.1) is 10.1 Å². The molecule has 23 heavy (non-hydrogen) atoms. The molecule has 0 bridgehead atoms. The van der Waals surface area contributed by atoms with E-state index in [-0.39, 0.29) is 16.3 Å². The number of hydrogen-bond acceptors (Lipinski definition) is 6. The van der Waals surface area contributed by atoms with Crippen molar-refractivity contribution in [2.24, 2.45) is 0 Å². The number of ether oxygens (including phenoxy) is 1. The fourth-order valence-electron chi connectivity index (χ4n) is 2.63. The minimum absolute atomic E-state index is 0.00446. The van der Waals surface area contributed by atoms with Crippen molar-refractivity contribution in [1.29, 1.82) is 0 Å². The van der Waals surface area contributed by atoms with Gasteiger partial charge in [-0.15, -0.1) is 0 Å². The summed E-state index contributed by atoms with van der Waals surface area (Å²) in [5, 5.41) is 10.8. The molecule has 2 rings (SSSR count). The van der Waals surface area contributed by atoms with Gasteiger partial charge in [0, 0.05) is 32.2 Å². The summed E-state index contributed by atoms with van der Waals surface area (Å²) in [4.78, 5) is 12.4. The SMILES string of the molecule is CCCN1CCN(S(=O)(=O)c2ccc([N+](=O)[O-])cc2OC)CC1. The van der Waals surface area contributed by atoms with Crippen molar-refractivity contribution in [3.63, 3.8) is 0 Å². The van der Waals surface area contributed by atoms with Gasteiger partial charge in [0.1, 0.15) is 10.6 Å². The first-order chi connectivity index (χ1) is 10.9. The van der Waals surface area contributed by atoms with Gasteiger partial charge in [0.2, 0.25) is 10.0 Å². The molecule has 0 radical (unpaired) electrons. The molecule has 0 saturated carbocycles. The van der Waals surface area contributed by atoms with Crippen molar-refractivity contribution in [2.45, 2.75) is 18.2 Å². The molecular formula is C14H21N3O5S. The molecule has 8 nitrogen and oxygen atoms in total. The van der Waals surface area contributed by atoms with Crippen molar-refractivity contribution in [2.75, 3.05) is 39.8 Å². The van der Waals surface area contributed by atoms with Gasteiger partial charge in [0.05, 0.1) is 18.1 Å². The van der Waals surface area contributed by atoms with Crippen LogP contribution in [0.15, 0.2) is 23.1 Å². The number of hydrogen-bond donors (Lipinski definition) is 0. The van der Waals surface area contributed by atoms with Gasteiger partial charge < -0.3 is 9.64 Å². The van der Waals surface area contributed by atoms with Gasteiger partial charge in [-0.1, -0.05) is 6.92 Å². The summed E-state index contributed by atoms with van der Waals surface area (Å²) >= 11 is 0. The number of sulfonamides is 1. The molecule has 0 aromatic heterocycles. The second-order valence-electron chi connectivity index (χ2n) is 5.34. The molecule has 0 atom stereocenters. The molecule has 0 amide bonds. The summed E-state index contributed by atoms with van der Waals surface area (Å²) in [5.41, 5.74) is -0.200. The van der Waals surface area contributed by atoms with Crippen LogP contribution in [-0.2, 0) is 10.0 Å². The Kier molecular flexibility index (Phi) is 5.55. The predicted octanol–water partition coefficient (Wildman–Crippen LogP) is 1.32. The summed E-state index contributed by atoms with van der Waals surface area (Å²) in [6, 6.07) is 3.56. The lowest BCUT2D eigenvalue weighted by Gasteiger charge is -2.33. The minimum atomic E-state index is -3.73. The standard InChI is InChI=1S/C14H21N3O5S/c1-3-6-15-7-9-16(10-8-15)23(20,21)14-5-4-12(17(18)19)11-13(14)22-2/h4-5,11H,3,6-10H2,1-2H3. The largest absolute Gasteiger partial charge is 0.495 e. The van der Waals surface area contributed by atoms with Crippen molar-refractivity contribution >= 4 is 15.7 Å². The van der Waals surface area contributed by atoms with E-state index < -0.39 is 14.9 Å². The van der Waals surface area contributed by atoms with Crippen molar-refractivity contribution < 1.29 is 18.1 Å². The zero-order chi connectivity index (χ0) is 17.0. The van der Waals surface area contributed by atoms with Crippen LogP contribution in [0.5, 0.6) is 5.75 Å². The number of nitrogens with zero attached hydrogens (tertiary/aromatic N) is 3. The normalized spacial score (nSPS) is 17.1. The molecule has 0 N–H and O–H groups in total. The molecule has 128 valence electrons. The Labute approximate surface area is 135 Å². The summed E-state index contributed by atoms with van der Waals surface area (Å²) in [6.45, 7) is 5.22. The van der Waals surface area contributed by atoms with Gasteiger partial charge in [-0.2, -0.15) is 4.31 Å². The molecule has 1 saturated heterocycles. The highest BCUT2D eigenvalue weighted by Gasteiger charge is 2.31. The monoisotopic (exact) mass is 343 g/mol. The van der Waals surface area contributed by atoms with E-state index in [1.807, 2.05) is 0 Å². The molecule has 0 unspecified atom stereocenters. The van der Waals surface area contributed by atoms with Crippen LogP contribution in [0.1, 0.15) is 13.3 Å². The second-order valence-corrected chi connectivity index (χ2v) is 7.24. The van der Waals surface area contributed by atoms with E-state index in [0.717, 1.165) is 19.0 Å². The smallest absolute Gasteiger partial charge is 0.273 e. The minimum Gasteiger partial charge on any atom is -0.495 e. The third-order valence-corrected chi connectivity index (χ3v) is 5.79. The maximum Gasteiger partial charge on any atom is 0.273 e. The Bertz CT molecular complexity index is 669. The van der Waals surface area contributed by atoms with Crippen LogP contribution >= 0.6 is 0 Å². The average molecular weight is 343 g/mol. The van der Waals surface area contributed by atoms with E-state index in [0.29, 0.717) is 26.2 Å². The third-order valence-electron chi connectivity index (χ3n) is 3.85. The number of methoxy groups -OCH3 is 1. The van der Waals surface area contributed by atoms with Crippen LogP contribution < -0.4 is 4.74 Å². The average Bonchev–Trinajstić information content (AvgIpc) is 2.55. The van der Waals surface area contributed by atoms with Crippen LogP contribution in [-0.4, -0.2) is 62.4 Å². The van der Waals surface area contributed by atoms with Gasteiger partial charge in [0.15, 0.2) is 0 Å². The Morgan fingerprint density at radius 3 is 2.43 bits per heavy atom. The highest BCUT2D eigenvalue weighted by molar-refractivity contribution is 7.89. The summed E-state index contributed by atoms with van der Waals surface area (Å²) in [5.74, 6) is -0.00446. The quantitative estimate of drug-likeness (QED) is 0.571. The van der Waals surface area contributed by atoms with E-state index in [4.69, 9.17) is 4.74 Å². The topological polar surface area (TPSA) is 93.0 Å². The van der Waals surface area contributed by atoms with Crippen LogP contribution in [0.2, 0.25) is 0 Å². The van der Waals surface area contributed by atoms with Crippen molar-refractivity contribution in [3.8, 4) is 5.75 Å². The zero-order valence-corrected chi connectivity index (χ0v) is 14.1. The third kappa shape index (κ3) is 3.80. The predicted molar refractivity (Wildman–Crippen MR) is 85.1 cm³/mol. The fourth-order valence-corrected chi connectivity index (χ4v) is 4.19. The molecule has 1 fully saturated rings. The number of non-ortho nitro benzene ring substituents is 1. The van der Waals surface area contributed by atoms with Crippen molar-refractivity contribution in [3.05, 3.63) is 28.3 Å². The zero-order valence-electron chi connectivity index (χ0n) is 13.3. The number of piperazine rings is 1.